The maximum atomic E-state index is 13.2. The van der Waals surface area contributed by atoms with Crippen LogP contribution in [0, 0.1) is 0 Å². The fourth-order valence-corrected chi connectivity index (χ4v) is 1.38. The first-order valence-electron chi connectivity index (χ1n) is 6.75. The predicted molar refractivity (Wildman–Crippen MR) is 88.5 cm³/mol. The van der Waals surface area contributed by atoms with Crippen LogP contribution in [-0.2, 0) is 4.74 Å². The lowest BCUT2D eigenvalue weighted by atomic mass is 10.2. The van der Waals surface area contributed by atoms with Crippen molar-refractivity contribution in [1.29, 1.82) is 0 Å². The van der Waals surface area contributed by atoms with Crippen LogP contribution in [0.1, 0.15) is 13.8 Å². The second kappa shape index (κ2) is 9.05. The van der Waals surface area contributed by atoms with E-state index in [4.69, 9.17) is 0 Å². The number of allylic oxidation sites excluding steroid dienone is 4. The number of rotatable bonds is 6. The molecule has 0 saturated carbocycles. The van der Waals surface area contributed by atoms with Gasteiger partial charge in [-0.15, -0.1) is 0 Å². The van der Waals surface area contributed by atoms with E-state index in [-0.39, 0.29) is 5.71 Å². The van der Waals surface area contributed by atoms with Gasteiger partial charge in [0.15, 0.2) is 5.57 Å². The molecule has 0 aliphatic carbocycles. The van der Waals surface area contributed by atoms with E-state index in [1.54, 1.807) is 25.9 Å². The monoisotopic (exact) mass is 347 g/mol. The van der Waals surface area contributed by atoms with E-state index in [2.05, 4.69) is 27.9 Å². The molecule has 4 nitrogen and oxygen atoms in total. The second-order valence-electron chi connectivity index (χ2n) is 4.84. The summed E-state index contributed by atoms with van der Waals surface area (Å²) in [5.41, 5.74) is -1.18. The third-order valence-corrected chi connectivity index (χ3v) is 2.91. The van der Waals surface area contributed by atoms with Crippen molar-refractivity contribution in [1.82, 2.24) is 4.90 Å². The smallest absolute Gasteiger partial charge is 0.424 e. The number of ether oxygens (including phenoxy) is 1. The lowest BCUT2D eigenvalue weighted by Gasteiger charge is -2.13. The minimum Gasteiger partial charge on any atom is -0.480 e. The second-order valence-corrected chi connectivity index (χ2v) is 4.84. The van der Waals surface area contributed by atoms with Crippen molar-refractivity contribution in [3.63, 3.8) is 0 Å². The molecule has 0 aliphatic heterocycles. The molecular formula is C16H21F4N3O. The summed E-state index contributed by atoms with van der Waals surface area (Å²) >= 11 is 0. The number of methoxy groups -OCH3 is 1. The molecule has 0 unspecified atom stereocenters. The average Bonchev–Trinajstić information content (AvgIpc) is 2.44. The number of hydrogen-bond acceptors (Lipinski definition) is 3. The third-order valence-electron chi connectivity index (χ3n) is 2.91. The Hall–Kier alpha value is -2.38. The number of alkyl halides is 3. The van der Waals surface area contributed by atoms with Crippen molar-refractivity contribution in [2.75, 3.05) is 21.2 Å². The summed E-state index contributed by atoms with van der Waals surface area (Å²) in [6, 6.07) is 0. The first kappa shape index (κ1) is 21.6. The van der Waals surface area contributed by atoms with E-state index < -0.39 is 23.5 Å². The Kier molecular flexibility index (Phi) is 8.15. The maximum Gasteiger partial charge on any atom is 0.424 e. The molecule has 8 heteroatoms. The molecular weight excluding hydrogens is 326 g/mol. The molecule has 0 aromatic carbocycles. The molecule has 0 N–H and O–H groups in total. The predicted octanol–water partition coefficient (Wildman–Crippen LogP) is 4.40. The van der Waals surface area contributed by atoms with Gasteiger partial charge < -0.3 is 9.64 Å². The van der Waals surface area contributed by atoms with Crippen LogP contribution in [0.3, 0.4) is 0 Å². The Morgan fingerprint density at radius 3 is 2.08 bits per heavy atom. The first-order chi connectivity index (χ1) is 10.9. The van der Waals surface area contributed by atoms with Gasteiger partial charge in [-0.3, -0.25) is 0 Å². The van der Waals surface area contributed by atoms with Crippen molar-refractivity contribution in [2.24, 2.45) is 9.98 Å². The highest BCUT2D eigenvalue weighted by Crippen LogP contribution is 2.34. The van der Waals surface area contributed by atoms with E-state index >= 15 is 0 Å². The number of halogens is 4. The number of nitrogens with zero attached hydrogens (tertiary/aromatic N) is 3. The van der Waals surface area contributed by atoms with E-state index in [0.29, 0.717) is 11.4 Å². The summed E-state index contributed by atoms with van der Waals surface area (Å²) < 4.78 is 56.5. The molecule has 0 aliphatic rings. The summed E-state index contributed by atoms with van der Waals surface area (Å²) in [6.45, 7) is 9.43. The van der Waals surface area contributed by atoms with Gasteiger partial charge in [-0.2, -0.15) is 13.2 Å². The molecule has 0 bridgehead atoms. The van der Waals surface area contributed by atoms with Crippen LogP contribution in [0.5, 0.6) is 0 Å². The molecule has 0 heterocycles. The standard InChI is InChI=1S/C16H21F4N3O/c1-8-13(9-21-12(4)23(5)6)11(3)22-15(24-7)14(10(2)17)16(18,19)20/h8-9H,1-2H2,3-7H3/b13-9+,15-14-,21-12?,22-11-. The summed E-state index contributed by atoms with van der Waals surface area (Å²) in [5, 5.41) is 0. The Bertz CT molecular complexity index is 611. The molecule has 0 saturated heterocycles. The van der Waals surface area contributed by atoms with Gasteiger partial charge in [0, 0.05) is 25.9 Å². The van der Waals surface area contributed by atoms with Crippen LogP contribution in [-0.4, -0.2) is 43.8 Å². The highest BCUT2D eigenvalue weighted by Gasteiger charge is 2.40. The average molecular weight is 347 g/mol. The highest BCUT2D eigenvalue weighted by molar-refractivity contribution is 6.01. The van der Waals surface area contributed by atoms with Crippen LogP contribution in [0.15, 0.2) is 58.3 Å². The SMILES string of the molecule is C=CC(=C\N=C(C)N(C)C)/C(C)=N\C(OC)=C(/C(=C)F)C(F)(F)F. The van der Waals surface area contributed by atoms with E-state index in [9.17, 15) is 17.6 Å². The van der Waals surface area contributed by atoms with Crippen LogP contribution in [0.4, 0.5) is 17.6 Å². The van der Waals surface area contributed by atoms with Crippen molar-refractivity contribution >= 4 is 11.5 Å². The zero-order valence-electron chi connectivity index (χ0n) is 14.3. The summed E-state index contributed by atoms with van der Waals surface area (Å²) in [7, 11) is 4.54. The van der Waals surface area contributed by atoms with Crippen molar-refractivity contribution in [3.8, 4) is 0 Å². The van der Waals surface area contributed by atoms with Crippen LogP contribution < -0.4 is 0 Å². The van der Waals surface area contributed by atoms with Gasteiger partial charge in [-0.05, 0) is 13.8 Å². The van der Waals surface area contributed by atoms with Crippen LogP contribution in [0.2, 0.25) is 0 Å². The Morgan fingerprint density at radius 2 is 1.75 bits per heavy atom. The van der Waals surface area contributed by atoms with E-state index in [0.717, 1.165) is 7.11 Å². The lowest BCUT2D eigenvalue weighted by Crippen LogP contribution is -2.17. The largest absolute Gasteiger partial charge is 0.480 e. The quantitative estimate of drug-likeness (QED) is 0.235. The van der Waals surface area contributed by atoms with Gasteiger partial charge in [0.1, 0.15) is 11.7 Å². The van der Waals surface area contributed by atoms with Gasteiger partial charge in [0.2, 0.25) is 5.88 Å². The third kappa shape index (κ3) is 6.39. The zero-order valence-corrected chi connectivity index (χ0v) is 14.3. The van der Waals surface area contributed by atoms with Gasteiger partial charge in [0.25, 0.3) is 0 Å². The van der Waals surface area contributed by atoms with Crippen molar-refractivity contribution < 1.29 is 22.3 Å². The first-order valence-corrected chi connectivity index (χ1v) is 6.75. The number of aliphatic imine (C=N–C) groups is 2. The maximum absolute atomic E-state index is 13.2. The van der Waals surface area contributed by atoms with Gasteiger partial charge in [-0.1, -0.05) is 19.2 Å². The van der Waals surface area contributed by atoms with Gasteiger partial charge in [0.05, 0.1) is 12.8 Å². The van der Waals surface area contributed by atoms with Crippen LogP contribution >= 0.6 is 0 Å². The molecule has 134 valence electrons. The van der Waals surface area contributed by atoms with Crippen molar-refractivity contribution in [2.45, 2.75) is 20.0 Å². The Labute approximate surface area is 139 Å². The zero-order chi connectivity index (χ0) is 19.1. The lowest BCUT2D eigenvalue weighted by molar-refractivity contribution is -0.0943. The summed E-state index contributed by atoms with van der Waals surface area (Å²) in [6.07, 6.45) is -2.22. The summed E-state index contributed by atoms with van der Waals surface area (Å²) in [5.74, 6) is -1.94. The van der Waals surface area contributed by atoms with E-state index in [1.807, 2.05) is 0 Å². The molecule has 0 rings (SSSR count). The molecule has 24 heavy (non-hydrogen) atoms. The Morgan fingerprint density at radius 1 is 1.21 bits per heavy atom. The van der Waals surface area contributed by atoms with Gasteiger partial charge in [-0.25, -0.2) is 14.4 Å². The molecule has 0 spiro atoms. The van der Waals surface area contributed by atoms with Crippen molar-refractivity contribution in [3.05, 3.63) is 48.3 Å². The van der Waals surface area contributed by atoms with Crippen LogP contribution in [0.25, 0.3) is 0 Å². The molecule has 0 fully saturated rings. The topological polar surface area (TPSA) is 37.2 Å². The number of amidine groups is 1. The fourth-order valence-electron chi connectivity index (χ4n) is 1.38. The number of hydrogen-bond donors (Lipinski definition) is 0. The minimum atomic E-state index is -4.99. The molecule has 0 aromatic heterocycles. The molecule has 0 amide bonds. The molecule has 0 atom stereocenters. The molecule has 0 aromatic rings. The Balaban J connectivity index is 6.07. The molecule has 0 radical (unpaired) electrons. The van der Waals surface area contributed by atoms with Gasteiger partial charge >= 0.3 is 6.18 Å². The minimum absolute atomic E-state index is 0.125. The van der Waals surface area contributed by atoms with E-state index in [1.165, 1.54) is 19.2 Å². The summed E-state index contributed by atoms with van der Waals surface area (Å²) in [4.78, 5) is 9.59. The fraction of sp³-hybridized carbons (Fsp3) is 0.375. The highest BCUT2D eigenvalue weighted by atomic mass is 19.4. The normalized spacial score (nSPS) is 15.0.